The van der Waals surface area contributed by atoms with Crippen molar-refractivity contribution in [1.82, 2.24) is 0 Å². The summed E-state index contributed by atoms with van der Waals surface area (Å²) < 4.78 is 0.926. The fraction of sp³-hybridized carbons (Fsp3) is 0.0667. The minimum absolute atomic E-state index is 0.0130. The maximum Gasteiger partial charge on any atom is 0.167 e. The average Bonchev–Trinajstić information content (AvgIpc) is 2.41. The van der Waals surface area contributed by atoms with Crippen molar-refractivity contribution < 1.29 is 4.79 Å². The molecular weight excluding hydrogens is 290 g/mol. The highest BCUT2D eigenvalue weighted by molar-refractivity contribution is 9.10. The van der Waals surface area contributed by atoms with E-state index < -0.39 is 0 Å². The Morgan fingerprint density at radius 2 is 1.94 bits per heavy atom. The molecular formula is C15H10BrNO. The SMILES string of the molecule is N#Cc1cccc(C(=O)Cc2ccccc2Br)c1. The van der Waals surface area contributed by atoms with Crippen molar-refractivity contribution >= 4 is 21.7 Å². The lowest BCUT2D eigenvalue weighted by Crippen LogP contribution is -2.04. The van der Waals surface area contributed by atoms with Gasteiger partial charge in [-0.05, 0) is 23.8 Å². The lowest BCUT2D eigenvalue weighted by molar-refractivity contribution is 0.0993. The topological polar surface area (TPSA) is 40.9 Å². The van der Waals surface area contributed by atoms with Gasteiger partial charge in [-0.1, -0.05) is 46.3 Å². The van der Waals surface area contributed by atoms with Gasteiger partial charge >= 0.3 is 0 Å². The molecule has 0 bridgehead atoms. The van der Waals surface area contributed by atoms with Crippen LogP contribution < -0.4 is 0 Å². The summed E-state index contributed by atoms with van der Waals surface area (Å²) in [5, 5.41) is 8.81. The molecule has 2 rings (SSSR count). The van der Waals surface area contributed by atoms with Gasteiger partial charge in [-0.2, -0.15) is 5.26 Å². The quantitative estimate of drug-likeness (QED) is 0.810. The van der Waals surface area contributed by atoms with Crippen molar-refractivity contribution in [3.63, 3.8) is 0 Å². The summed E-state index contributed by atoms with van der Waals surface area (Å²) in [5.41, 5.74) is 2.03. The molecule has 0 aliphatic heterocycles. The lowest BCUT2D eigenvalue weighted by atomic mass is 10.0. The van der Waals surface area contributed by atoms with E-state index in [0.717, 1.165) is 10.0 Å². The van der Waals surface area contributed by atoms with E-state index in [-0.39, 0.29) is 5.78 Å². The number of rotatable bonds is 3. The smallest absolute Gasteiger partial charge is 0.167 e. The number of halogens is 1. The Hall–Kier alpha value is -1.92. The third-order valence-corrected chi connectivity index (χ3v) is 3.40. The van der Waals surface area contributed by atoms with Gasteiger partial charge in [0.05, 0.1) is 11.6 Å². The fourth-order valence-corrected chi connectivity index (χ4v) is 2.10. The number of nitriles is 1. The van der Waals surface area contributed by atoms with E-state index in [0.29, 0.717) is 17.5 Å². The summed E-state index contributed by atoms with van der Waals surface area (Å²) in [7, 11) is 0. The van der Waals surface area contributed by atoms with Gasteiger partial charge in [0.15, 0.2) is 5.78 Å². The van der Waals surface area contributed by atoms with Gasteiger partial charge in [0, 0.05) is 16.5 Å². The van der Waals surface area contributed by atoms with E-state index in [1.54, 1.807) is 24.3 Å². The molecule has 88 valence electrons. The summed E-state index contributed by atoms with van der Waals surface area (Å²) in [6.45, 7) is 0. The van der Waals surface area contributed by atoms with Crippen molar-refractivity contribution in [3.05, 3.63) is 69.7 Å². The average molecular weight is 300 g/mol. The fourth-order valence-electron chi connectivity index (χ4n) is 1.68. The van der Waals surface area contributed by atoms with Crippen LogP contribution >= 0.6 is 15.9 Å². The largest absolute Gasteiger partial charge is 0.294 e. The monoisotopic (exact) mass is 299 g/mol. The summed E-state index contributed by atoms with van der Waals surface area (Å²) in [6, 6.07) is 16.5. The molecule has 0 saturated carbocycles. The molecule has 0 unspecified atom stereocenters. The molecule has 0 fully saturated rings. The predicted octanol–water partition coefficient (Wildman–Crippen LogP) is 3.75. The lowest BCUT2D eigenvalue weighted by Gasteiger charge is -2.04. The second kappa shape index (κ2) is 5.61. The molecule has 0 saturated heterocycles. The van der Waals surface area contributed by atoms with E-state index >= 15 is 0 Å². The Kier molecular flexibility index (Phi) is 3.91. The molecule has 2 aromatic rings. The zero-order valence-corrected chi connectivity index (χ0v) is 11.1. The van der Waals surface area contributed by atoms with Crippen LogP contribution in [-0.2, 0) is 6.42 Å². The van der Waals surface area contributed by atoms with Gasteiger partial charge in [-0.25, -0.2) is 0 Å². The zero-order valence-electron chi connectivity index (χ0n) is 9.56. The Labute approximate surface area is 114 Å². The number of hydrogen-bond donors (Lipinski definition) is 0. The standard InChI is InChI=1S/C15H10BrNO/c16-14-7-2-1-5-12(14)9-15(18)13-6-3-4-11(8-13)10-17/h1-8H,9H2. The molecule has 0 aliphatic carbocycles. The Balaban J connectivity index is 2.23. The van der Waals surface area contributed by atoms with Crippen LogP contribution in [0.5, 0.6) is 0 Å². The number of benzene rings is 2. The summed E-state index contributed by atoms with van der Waals surface area (Å²) in [4.78, 5) is 12.1. The number of nitrogens with zero attached hydrogens (tertiary/aromatic N) is 1. The van der Waals surface area contributed by atoms with Crippen LogP contribution in [0.3, 0.4) is 0 Å². The molecule has 0 spiro atoms. The molecule has 0 atom stereocenters. The molecule has 0 heterocycles. The van der Waals surface area contributed by atoms with Crippen LogP contribution in [0.25, 0.3) is 0 Å². The molecule has 0 radical (unpaired) electrons. The van der Waals surface area contributed by atoms with Crippen molar-refractivity contribution in [3.8, 4) is 6.07 Å². The van der Waals surface area contributed by atoms with Gasteiger partial charge in [0.25, 0.3) is 0 Å². The van der Waals surface area contributed by atoms with E-state index in [1.807, 2.05) is 30.3 Å². The minimum Gasteiger partial charge on any atom is -0.294 e. The first-order valence-electron chi connectivity index (χ1n) is 5.47. The van der Waals surface area contributed by atoms with E-state index in [9.17, 15) is 4.79 Å². The molecule has 0 aromatic heterocycles. The van der Waals surface area contributed by atoms with E-state index in [1.165, 1.54) is 0 Å². The van der Waals surface area contributed by atoms with Gasteiger partial charge in [-0.3, -0.25) is 4.79 Å². The van der Waals surface area contributed by atoms with Crippen LogP contribution in [0, 0.1) is 11.3 Å². The Morgan fingerprint density at radius 3 is 2.67 bits per heavy atom. The normalized spacial score (nSPS) is 9.78. The molecule has 0 N–H and O–H groups in total. The number of ketones is 1. The first-order valence-corrected chi connectivity index (χ1v) is 6.27. The Morgan fingerprint density at radius 1 is 1.17 bits per heavy atom. The van der Waals surface area contributed by atoms with Crippen LogP contribution in [0.1, 0.15) is 21.5 Å². The van der Waals surface area contributed by atoms with E-state index in [4.69, 9.17) is 5.26 Å². The number of hydrogen-bond acceptors (Lipinski definition) is 2. The summed E-state index contributed by atoms with van der Waals surface area (Å²) in [5.74, 6) is 0.0130. The molecule has 3 heteroatoms. The van der Waals surface area contributed by atoms with Gasteiger partial charge in [-0.15, -0.1) is 0 Å². The molecule has 18 heavy (non-hydrogen) atoms. The Bertz CT molecular complexity index is 628. The molecule has 2 aromatic carbocycles. The molecule has 0 amide bonds. The minimum atomic E-state index is 0.0130. The highest BCUT2D eigenvalue weighted by Gasteiger charge is 2.09. The van der Waals surface area contributed by atoms with Crippen molar-refractivity contribution in [2.75, 3.05) is 0 Å². The van der Waals surface area contributed by atoms with E-state index in [2.05, 4.69) is 15.9 Å². The van der Waals surface area contributed by atoms with Crippen molar-refractivity contribution in [2.45, 2.75) is 6.42 Å². The number of Topliss-reactive ketones (excluding diaryl/α,β-unsaturated/α-hetero) is 1. The van der Waals surface area contributed by atoms with Gasteiger partial charge in [0.1, 0.15) is 0 Å². The third kappa shape index (κ3) is 2.85. The predicted molar refractivity (Wildman–Crippen MR) is 73.3 cm³/mol. The maximum atomic E-state index is 12.1. The summed E-state index contributed by atoms with van der Waals surface area (Å²) >= 11 is 3.42. The second-order valence-electron chi connectivity index (χ2n) is 3.88. The van der Waals surface area contributed by atoms with Crippen LogP contribution in [0.2, 0.25) is 0 Å². The van der Waals surface area contributed by atoms with Crippen molar-refractivity contribution in [1.29, 1.82) is 5.26 Å². The second-order valence-corrected chi connectivity index (χ2v) is 4.74. The number of carbonyl (C=O) groups excluding carboxylic acids is 1. The first-order chi connectivity index (χ1) is 8.70. The van der Waals surface area contributed by atoms with Crippen LogP contribution in [0.15, 0.2) is 53.0 Å². The first kappa shape index (κ1) is 12.5. The molecule has 2 nitrogen and oxygen atoms in total. The highest BCUT2D eigenvalue weighted by atomic mass is 79.9. The van der Waals surface area contributed by atoms with Crippen LogP contribution in [-0.4, -0.2) is 5.78 Å². The summed E-state index contributed by atoms with van der Waals surface area (Å²) in [6.07, 6.45) is 0.330. The van der Waals surface area contributed by atoms with Crippen molar-refractivity contribution in [2.24, 2.45) is 0 Å². The van der Waals surface area contributed by atoms with Gasteiger partial charge < -0.3 is 0 Å². The van der Waals surface area contributed by atoms with Crippen LogP contribution in [0.4, 0.5) is 0 Å². The van der Waals surface area contributed by atoms with Gasteiger partial charge in [0.2, 0.25) is 0 Å². The highest BCUT2D eigenvalue weighted by Crippen LogP contribution is 2.18. The molecule has 0 aliphatic rings. The third-order valence-electron chi connectivity index (χ3n) is 2.62. The number of carbonyl (C=O) groups is 1. The zero-order chi connectivity index (χ0) is 13.0. The maximum absolute atomic E-state index is 12.1.